The molecule has 0 atom stereocenters. The maximum atomic E-state index is 12.7. The molecule has 9 nitrogen and oxygen atoms in total. The van der Waals surface area contributed by atoms with E-state index in [1.807, 2.05) is 30.8 Å². The summed E-state index contributed by atoms with van der Waals surface area (Å²) in [4.78, 5) is 17.9. The number of rotatable bonds is 7. The van der Waals surface area contributed by atoms with Gasteiger partial charge in [-0.05, 0) is 31.7 Å². The highest BCUT2D eigenvalue weighted by Gasteiger charge is 2.20. The van der Waals surface area contributed by atoms with Crippen LogP contribution in [0.1, 0.15) is 11.3 Å². The lowest BCUT2D eigenvalue weighted by atomic mass is 10.3. The summed E-state index contributed by atoms with van der Waals surface area (Å²) in [6.07, 6.45) is 3.55. The van der Waals surface area contributed by atoms with Gasteiger partial charge in [0.1, 0.15) is 11.0 Å². The number of anilines is 2. The highest BCUT2D eigenvalue weighted by Crippen LogP contribution is 2.25. The Balaban J connectivity index is 1.52. The molecule has 1 N–H and O–H groups in total. The van der Waals surface area contributed by atoms with Gasteiger partial charge in [0.15, 0.2) is 9.84 Å². The molecule has 3 aromatic rings. The van der Waals surface area contributed by atoms with Crippen molar-refractivity contribution in [2.45, 2.75) is 12.7 Å². The van der Waals surface area contributed by atoms with Gasteiger partial charge in [0.2, 0.25) is 5.95 Å². The van der Waals surface area contributed by atoms with E-state index in [4.69, 9.17) is 16.6 Å². The second-order valence-corrected chi connectivity index (χ2v) is 10.9. The van der Waals surface area contributed by atoms with E-state index in [9.17, 15) is 8.42 Å². The number of hydrogen-bond donors (Lipinski definition) is 1. The zero-order valence-electron chi connectivity index (χ0n) is 18.5. The second-order valence-electron chi connectivity index (χ2n) is 8.33. The number of pyridine rings is 1. The third kappa shape index (κ3) is 5.31. The van der Waals surface area contributed by atoms with Crippen LogP contribution in [0.5, 0.6) is 0 Å². The first-order chi connectivity index (χ1) is 15.2. The van der Waals surface area contributed by atoms with Crippen LogP contribution in [0.3, 0.4) is 0 Å². The first-order valence-electron chi connectivity index (χ1n) is 10.5. The van der Waals surface area contributed by atoms with E-state index in [1.54, 1.807) is 12.3 Å². The van der Waals surface area contributed by atoms with Gasteiger partial charge in [0.05, 0.1) is 23.2 Å². The number of fused-ring (bicyclic) bond motifs is 1. The Morgan fingerprint density at radius 3 is 2.56 bits per heavy atom. The van der Waals surface area contributed by atoms with Crippen LogP contribution in [0.15, 0.2) is 24.5 Å². The van der Waals surface area contributed by atoms with Gasteiger partial charge in [-0.15, -0.1) is 0 Å². The van der Waals surface area contributed by atoms with Crippen LogP contribution < -0.4 is 10.2 Å². The van der Waals surface area contributed by atoms with Gasteiger partial charge < -0.3 is 19.7 Å². The molecule has 0 saturated carbocycles. The molecule has 11 heteroatoms. The topological polar surface area (TPSA) is 96.2 Å². The minimum atomic E-state index is -3.29. The summed E-state index contributed by atoms with van der Waals surface area (Å²) < 4.78 is 27.2. The number of halogens is 1. The van der Waals surface area contributed by atoms with Crippen molar-refractivity contribution in [1.29, 1.82) is 0 Å². The van der Waals surface area contributed by atoms with Crippen LogP contribution in [-0.2, 0) is 22.6 Å². The molecule has 1 aliphatic rings. The minimum absolute atomic E-state index is 0.00579. The lowest BCUT2D eigenvalue weighted by molar-refractivity contribution is 0.311. The number of likely N-dealkylation sites (N-methyl/N-ethyl adjacent to an activating group) is 1. The van der Waals surface area contributed by atoms with Crippen molar-refractivity contribution in [2.75, 3.05) is 55.7 Å². The fourth-order valence-corrected chi connectivity index (χ4v) is 5.29. The summed E-state index contributed by atoms with van der Waals surface area (Å²) in [6.45, 7) is 5.70. The Morgan fingerprint density at radius 2 is 1.88 bits per heavy atom. The Bertz CT molecular complexity index is 1220. The number of nitrogens with one attached hydrogen (secondary N) is 1. The van der Waals surface area contributed by atoms with Crippen molar-refractivity contribution in [3.8, 4) is 0 Å². The van der Waals surface area contributed by atoms with Crippen molar-refractivity contribution in [3.63, 3.8) is 0 Å². The molecule has 1 saturated heterocycles. The van der Waals surface area contributed by atoms with E-state index in [-0.39, 0.29) is 18.1 Å². The molecule has 0 amide bonds. The van der Waals surface area contributed by atoms with Crippen LogP contribution in [0.25, 0.3) is 10.9 Å². The molecule has 0 spiro atoms. The van der Waals surface area contributed by atoms with Crippen molar-refractivity contribution < 1.29 is 8.42 Å². The van der Waals surface area contributed by atoms with Gasteiger partial charge in [-0.25, -0.2) is 18.4 Å². The highest BCUT2D eigenvalue weighted by atomic mass is 35.5. The van der Waals surface area contributed by atoms with Gasteiger partial charge in [-0.1, -0.05) is 11.6 Å². The average molecular weight is 478 g/mol. The van der Waals surface area contributed by atoms with E-state index in [1.165, 1.54) is 0 Å². The van der Waals surface area contributed by atoms with Gasteiger partial charge in [0, 0.05) is 57.0 Å². The second kappa shape index (κ2) is 9.21. The molecule has 4 rings (SSSR count). The fourth-order valence-electron chi connectivity index (χ4n) is 3.83. The maximum Gasteiger partial charge on any atom is 0.228 e. The van der Waals surface area contributed by atoms with E-state index in [0.717, 1.165) is 42.8 Å². The summed E-state index contributed by atoms with van der Waals surface area (Å²) in [7, 11) is 0.661. The summed E-state index contributed by atoms with van der Waals surface area (Å²) in [5.41, 5.74) is 2.50. The Kier molecular flexibility index (Phi) is 6.55. The normalized spacial score (nSPS) is 15.4. The Hall–Kier alpha value is -2.43. The van der Waals surface area contributed by atoms with E-state index >= 15 is 0 Å². The van der Waals surface area contributed by atoms with E-state index in [2.05, 4.69) is 32.1 Å². The van der Waals surface area contributed by atoms with Crippen molar-refractivity contribution in [2.24, 2.45) is 7.05 Å². The number of hydrogen-bond acceptors (Lipinski definition) is 8. The third-order valence-electron chi connectivity index (χ3n) is 5.64. The monoisotopic (exact) mass is 477 g/mol. The molecule has 0 aliphatic carbocycles. The highest BCUT2D eigenvalue weighted by molar-refractivity contribution is 7.90. The lowest BCUT2D eigenvalue weighted by Gasteiger charge is -2.32. The zero-order chi connectivity index (χ0) is 22.9. The number of sulfone groups is 1. The van der Waals surface area contributed by atoms with Crippen LogP contribution >= 0.6 is 11.6 Å². The fraction of sp³-hybridized carbons (Fsp3) is 0.476. The number of nitrogens with zero attached hydrogens (tertiary/aromatic N) is 6. The molecule has 1 fully saturated rings. The lowest BCUT2D eigenvalue weighted by Crippen LogP contribution is -2.45. The summed E-state index contributed by atoms with van der Waals surface area (Å²) >= 11 is 6.10. The van der Waals surface area contributed by atoms with Crippen LogP contribution in [-0.4, -0.2) is 78.4 Å². The van der Waals surface area contributed by atoms with E-state index < -0.39 is 9.84 Å². The van der Waals surface area contributed by atoms with E-state index in [0.29, 0.717) is 22.4 Å². The average Bonchev–Trinajstić information content (AvgIpc) is 3.04. The summed E-state index contributed by atoms with van der Waals surface area (Å²) in [5.74, 6) is 1.18. The quantitative estimate of drug-likeness (QED) is 0.517. The first kappa shape index (κ1) is 22.8. The molecular weight excluding hydrogens is 450 g/mol. The van der Waals surface area contributed by atoms with Crippen molar-refractivity contribution >= 4 is 44.1 Å². The van der Waals surface area contributed by atoms with Gasteiger partial charge in [-0.3, -0.25) is 0 Å². The predicted molar refractivity (Wildman–Crippen MR) is 128 cm³/mol. The van der Waals surface area contributed by atoms with Crippen LogP contribution in [0.2, 0.25) is 5.15 Å². The summed E-state index contributed by atoms with van der Waals surface area (Å²) in [6, 6.07) is 3.61. The molecule has 1 aliphatic heterocycles. The number of aryl methyl sites for hydroxylation is 2. The minimum Gasteiger partial charge on any atom is -0.368 e. The Labute approximate surface area is 193 Å². The predicted octanol–water partition coefficient (Wildman–Crippen LogP) is 2.10. The molecule has 32 heavy (non-hydrogen) atoms. The smallest absolute Gasteiger partial charge is 0.228 e. The number of piperazine rings is 1. The summed E-state index contributed by atoms with van der Waals surface area (Å²) in [5, 5.41) is 4.26. The van der Waals surface area contributed by atoms with Gasteiger partial charge in [-0.2, -0.15) is 4.98 Å². The molecule has 0 bridgehead atoms. The van der Waals surface area contributed by atoms with Gasteiger partial charge >= 0.3 is 0 Å². The Morgan fingerprint density at radius 1 is 1.12 bits per heavy atom. The molecule has 0 unspecified atom stereocenters. The van der Waals surface area contributed by atoms with Crippen LogP contribution in [0, 0.1) is 6.92 Å². The third-order valence-corrected chi connectivity index (χ3v) is 7.41. The molecule has 3 aromatic heterocycles. The standard InChI is InChI=1S/C21H28ClN7O2S/c1-15-10-16(28(3)13-15)14-32(30,31)9-4-23-20-17-11-19(22)24-12-18(17)25-21(26-20)29-7-5-27(2)6-8-29/h10-13H,4-9,14H2,1-3H3,(H,23,25,26). The number of aromatic nitrogens is 4. The van der Waals surface area contributed by atoms with Gasteiger partial charge in [0.25, 0.3) is 0 Å². The SMILES string of the molecule is Cc1cc(CS(=O)(=O)CCNc2nc(N3CCN(C)CC3)nc3cnc(Cl)cc23)n(C)c1. The molecule has 0 aromatic carbocycles. The van der Waals surface area contributed by atoms with Crippen LogP contribution in [0.4, 0.5) is 11.8 Å². The molecule has 4 heterocycles. The largest absolute Gasteiger partial charge is 0.368 e. The first-order valence-corrected chi connectivity index (χ1v) is 12.7. The molecule has 172 valence electrons. The molecule has 0 radical (unpaired) electrons. The zero-order valence-corrected chi connectivity index (χ0v) is 20.1. The van der Waals surface area contributed by atoms with Crippen molar-refractivity contribution in [1.82, 2.24) is 24.4 Å². The maximum absolute atomic E-state index is 12.7. The van der Waals surface area contributed by atoms with Crippen molar-refractivity contribution in [3.05, 3.63) is 40.9 Å². The molecular formula is C21H28ClN7O2S.